The van der Waals surface area contributed by atoms with Crippen LogP contribution in [0, 0.1) is 0 Å². The Morgan fingerprint density at radius 1 is 1.04 bits per heavy atom. The highest BCUT2D eigenvalue weighted by Crippen LogP contribution is 2.22. The fraction of sp³-hybridized carbons (Fsp3) is 0. The van der Waals surface area contributed by atoms with Crippen molar-refractivity contribution in [3.63, 3.8) is 0 Å². The second-order valence-corrected chi connectivity index (χ2v) is 7.28. The standard InChI is InChI=1S/C21H13ClN2O2S/c22-17-5-6-18-19(13-17)27-21(26)24(18)20(25)7-4-14-2-1-3-16(12-14)15-8-10-23-11-9-15/h1-13H. The third-order valence-electron chi connectivity index (χ3n) is 4.08. The molecule has 0 aliphatic carbocycles. The van der Waals surface area contributed by atoms with E-state index < -0.39 is 0 Å². The third-order valence-corrected chi connectivity index (χ3v) is 5.22. The van der Waals surface area contributed by atoms with Crippen molar-refractivity contribution < 1.29 is 4.79 Å². The highest BCUT2D eigenvalue weighted by molar-refractivity contribution is 7.16. The van der Waals surface area contributed by atoms with Crippen molar-refractivity contribution in [1.29, 1.82) is 0 Å². The SMILES string of the molecule is O=C(C=Cc1cccc(-c2ccncc2)c1)n1c(=O)sc2cc(Cl)ccc21. The van der Waals surface area contributed by atoms with E-state index in [0.29, 0.717) is 15.2 Å². The Morgan fingerprint density at radius 3 is 2.67 bits per heavy atom. The van der Waals surface area contributed by atoms with Crippen LogP contribution < -0.4 is 4.87 Å². The molecule has 0 N–H and O–H groups in total. The number of thiazole rings is 1. The summed E-state index contributed by atoms with van der Waals surface area (Å²) < 4.78 is 1.86. The Bertz CT molecular complexity index is 1230. The van der Waals surface area contributed by atoms with E-state index in [2.05, 4.69) is 4.98 Å². The first-order valence-electron chi connectivity index (χ1n) is 8.16. The van der Waals surface area contributed by atoms with Gasteiger partial charge < -0.3 is 0 Å². The molecule has 4 rings (SSSR count). The number of carbonyl (C=O) groups excluding carboxylic acids is 1. The molecule has 0 bridgehead atoms. The van der Waals surface area contributed by atoms with Crippen molar-refractivity contribution in [3.05, 3.63) is 93.3 Å². The van der Waals surface area contributed by atoms with Gasteiger partial charge in [0.05, 0.1) is 10.2 Å². The van der Waals surface area contributed by atoms with Gasteiger partial charge in [0.1, 0.15) is 0 Å². The van der Waals surface area contributed by atoms with Gasteiger partial charge in [0.25, 0.3) is 5.91 Å². The summed E-state index contributed by atoms with van der Waals surface area (Å²) >= 11 is 6.96. The first-order valence-corrected chi connectivity index (χ1v) is 9.35. The van der Waals surface area contributed by atoms with Crippen molar-refractivity contribution in [2.24, 2.45) is 0 Å². The lowest BCUT2D eigenvalue weighted by Gasteiger charge is -2.02. The third kappa shape index (κ3) is 3.60. The van der Waals surface area contributed by atoms with Crippen LogP contribution in [0.3, 0.4) is 0 Å². The van der Waals surface area contributed by atoms with Gasteiger partial charge in [-0.1, -0.05) is 41.1 Å². The van der Waals surface area contributed by atoms with Crippen LogP contribution in [0.25, 0.3) is 27.4 Å². The van der Waals surface area contributed by atoms with E-state index in [0.717, 1.165) is 28.0 Å². The largest absolute Gasteiger partial charge is 0.315 e. The van der Waals surface area contributed by atoms with E-state index in [1.165, 1.54) is 10.6 Å². The molecule has 0 atom stereocenters. The number of carbonyl (C=O) groups is 1. The molecule has 132 valence electrons. The van der Waals surface area contributed by atoms with Crippen LogP contribution in [0.5, 0.6) is 0 Å². The second-order valence-electron chi connectivity index (χ2n) is 5.85. The number of aromatic nitrogens is 2. The molecule has 0 aliphatic rings. The van der Waals surface area contributed by atoms with Gasteiger partial charge in [-0.15, -0.1) is 0 Å². The van der Waals surface area contributed by atoms with Gasteiger partial charge >= 0.3 is 4.87 Å². The highest BCUT2D eigenvalue weighted by atomic mass is 35.5. The lowest BCUT2D eigenvalue weighted by molar-refractivity contribution is 0.0972. The minimum absolute atomic E-state index is 0.326. The molecule has 0 saturated heterocycles. The topological polar surface area (TPSA) is 52.0 Å². The summed E-state index contributed by atoms with van der Waals surface area (Å²) in [5, 5.41) is 0.534. The van der Waals surface area contributed by atoms with E-state index in [1.54, 1.807) is 36.7 Å². The molecule has 4 nitrogen and oxygen atoms in total. The van der Waals surface area contributed by atoms with Gasteiger partial charge in [0, 0.05) is 23.5 Å². The van der Waals surface area contributed by atoms with Crippen LogP contribution in [-0.4, -0.2) is 15.5 Å². The van der Waals surface area contributed by atoms with E-state index in [-0.39, 0.29) is 10.8 Å². The van der Waals surface area contributed by atoms with E-state index >= 15 is 0 Å². The Kier molecular flexibility index (Phi) is 4.71. The monoisotopic (exact) mass is 392 g/mol. The molecule has 2 heterocycles. The van der Waals surface area contributed by atoms with E-state index in [4.69, 9.17) is 11.6 Å². The van der Waals surface area contributed by atoms with E-state index in [1.807, 2.05) is 36.4 Å². The smallest absolute Gasteiger partial charge is 0.269 e. The number of nitrogens with zero attached hydrogens (tertiary/aromatic N) is 2. The van der Waals surface area contributed by atoms with Crippen LogP contribution in [0.15, 0.2) is 77.9 Å². The molecule has 0 saturated carbocycles. The summed E-state index contributed by atoms with van der Waals surface area (Å²) in [4.78, 5) is 28.5. The Morgan fingerprint density at radius 2 is 1.85 bits per heavy atom. The zero-order valence-corrected chi connectivity index (χ0v) is 15.6. The van der Waals surface area contributed by atoms with Crippen LogP contribution >= 0.6 is 22.9 Å². The number of hydrogen-bond donors (Lipinski definition) is 0. The first kappa shape index (κ1) is 17.4. The fourth-order valence-electron chi connectivity index (χ4n) is 2.81. The Balaban J connectivity index is 1.65. The maximum atomic E-state index is 12.6. The second kappa shape index (κ2) is 7.31. The number of halogens is 1. The molecule has 0 aliphatic heterocycles. The molecule has 0 fully saturated rings. The van der Waals surface area contributed by atoms with Crippen molar-refractivity contribution in [2.75, 3.05) is 0 Å². The van der Waals surface area contributed by atoms with Crippen LogP contribution in [0.2, 0.25) is 5.02 Å². The lowest BCUT2D eigenvalue weighted by Crippen LogP contribution is -2.19. The molecule has 6 heteroatoms. The summed E-state index contributed by atoms with van der Waals surface area (Å²) in [7, 11) is 0. The van der Waals surface area contributed by atoms with Crippen molar-refractivity contribution in [2.45, 2.75) is 0 Å². The van der Waals surface area contributed by atoms with Gasteiger partial charge in [-0.25, -0.2) is 4.57 Å². The minimum Gasteiger partial charge on any atom is -0.269 e. The number of benzene rings is 2. The number of pyridine rings is 1. The maximum Gasteiger partial charge on any atom is 0.315 e. The van der Waals surface area contributed by atoms with Crippen LogP contribution in [-0.2, 0) is 0 Å². The summed E-state index contributed by atoms with van der Waals surface area (Å²) in [6.45, 7) is 0. The molecule has 2 aromatic heterocycles. The van der Waals surface area contributed by atoms with Crippen LogP contribution in [0.1, 0.15) is 10.4 Å². The van der Waals surface area contributed by atoms with Crippen molar-refractivity contribution >= 4 is 45.1 Å². The minimum atomic E-state index is -0.386. The van der Waals surface area contributed by atoms with Gasteiger partial charge in [0.2, 0.25) is 0 Å². The number of rotatable bonds is 3. The Hall–Kier alpha value is -3.02. The molecule has 4 aromatic rings. The molecule has 0 unspecified atom stereocenters. The van der Waals surface area contributed by atoms with Crippen LogP contribution in [0.4, 0.5) is 0 Å². The molecular weight excluding hydrogens is 380 g/mol. The molecule has 2 aromatic carbocycles. The average Bonchev–Trinajstić information content (AvgIpc) is 3.02. The summed E-state index contributed by atoms with van der Waals surface area (Å²) in [5.74, 6) is -0.386. The predicted octanol–water partition coefficient (Wildman–Crippen LogP) is 5.13. The zero-order valence-electron chi connectivity index (χ0n) is 14.0. The molecule has 0 amide bonds. The summed E-state index contributed by atoms with van der Waals surface area (Å²) in [6.07, 6.45) is 6.59. The summed E-state index contributed by atoms with van der Waals surface area (Å²) in [5.41, 5.74) is 3.51. The van der Waals surface area contributed by atoms with Gasteiger partial charge in [-0.2, -0.15) is 0 Å². The lowest BCUT2D eigenvalue weighted by atomic mass is 10.0. The van der Waals surface area contributed by atoms with Gasteiger partial charge in [-0.05, 0) is 59.2 Å². The van der Waals surface area contributed by atoms with Crippen molar-refractivity contribution in [1.82, 2.24) is 9.55 Å². The number of hydrogen-bond acceptors (Lipinski definition) is 4. The molecule has 0 spiro atoms. The molecule has 0 radical (unpaired) electrons. The molecule has 27 heavy (non-hydrogen) atoms. The van der Waals surface area contributed by atoms with Crippen molar-refractivity contribution in [3.8, 4) is 11.1 Å². The number of fused-ring (bicyclic) bond motifs is 1. The molecular formula is C21H13ClN2O2S. The predicted molar refractivity (Wildman–Crippen MR) is 110 cm³/mol. The normalized spacial score (nSPS) is 11.3. The average molecular weight is 393 g/mol. The maximum absolute atomic E-state index is 12.6. The fourth-order valence-corrected chi connectivity index (χ4v) is 3.96. The Labute approximate surface area is 164 Å². The quantitative estimate of drug-likeness (QED) is 0.454. The van der Waals surface area contributed by atoms with E-state index in [9.17, 15) is 9.59 Å². The summed E-state index contributed by atoms with van der Waals surface area (Å²) in [6, 6.07) is 16.7. The zero-order chi connectivity index (χ0) is 18.8. The van der Waals surface area contributed by atoms with Gasteiger partial charge in [-0.3, -0.25) is 14.6 Å². The highest BCUT2D eigenvalue weighted by Gasteiger charge is 2.12. The van der Waals surface area contributed by atoms with Gasteiger partial charge in [0.15, 0.2) is 0 Å². The first-order chi connectivity index (χ1) is 13.1. The number of allylic oxidation sites excluding steroid dienone is 1.